The first-order valence-electron chi connectivity index (χ1n) is 8.96. The Morgan fingerprint density at radius 3 is 3.00 bits per heavy atom. The van der Waals surface area contributed by atoms with Gasteiger partial charge in [0.15, 0.2) is 0 Å². The van der Waals surface area contributed by atoms with Crippen LogP contribution >= 0.6 is 11.3 Å². The first-order chi connectivity index (χ1) is 12.6. The van der Waals surface area contributed by atoms with Crippen LogP contribution in [0.2, 0.25) is 0 Å². The molecule has 2 heterocycles. The summed E-state index contributed by atoms with van der Waals surface area (Å²) in [7, 11) is 0. The molecule has 0 fully saturated rings. The standard InChI is InChI=1S/C20H21NO4S/c1-3-24-20(23)16-14-9-8-11(2)10-15(14)26-18(16)21-17-12-6-4-5-7-13(12)19(22)25-17/h4-7,11,17,21H,3,8-10H2,1-2H3/t11-,17+/m1/s1. The molecular formula is C20H21NO4S. The Morgan fingerprint density at radius 2 is 2.19 bits per heavy atom. The van der Waals surface area contributed by atoms with Gasteiger partial charge in [0.05, 0.1) is 17.7 Å². The van der Waals surface area contributed by atoms with Crippen molar-refractivity contribution in [3.63, 3.8) is 0 Å². The number of cyclic esters (lactones) is 1. The minimum atomic E-state index is -0.579. The molecule has 0 amide bonds. The number of anilines is 1. The van der Waals surface area contributed by atoms with E-state index in [0.29, 0.717) is 23.7 Å². The number of benzene rings is 1. The van der Waals surface area contributed by atoms with Crippen molar-refractivity contribution in [3.8, 4) is 0 Å². The first kappa shape index (κ1) is 17.1. The molecular weight excluding hydrogens is 350 g/mol. The van der Waals surface area contributed by atoms with Crippen LogP contribution in [0.25, 0.3) is 0 Å². The molecule has 1 aromatic heterocycles. The maximum absolute atomic E-state index is 12.6. The molecule has 0 radical (unpaired) electrons. The number of ether oxygens (including phenoxy) is 2. The van der Waals surface area contributed by atoms with Crippen LogP contribution < -0.4 is 5.32 Å². The number of rotatable bonds is 4. The van der Waals surface area contributed by atoms with E-state index in [2.05, 4.69) is 12.2 Å². The fourth-order valence-electron chi connectivity index (χ4n) is 3.64. The Balaban J connectivity index is 1.71. The van der Waals surface area contributed by atoms with Crippen molar-refractivity contribution in [1.82, 2.24) is 0 Å². The predicted octanol–water partition coefficient (Wildman–Crippen LogP) is 4.33. The van der Waals surface area contributed by atoms with Gasteiger partial charge in [-0.25, -0.2) is 9.59 Å². The second-order valence-electron chi connectivity index (χ2n) is 6.79. The average Bonchev–Trinajstić information content (AvgIpc) is 3.13. The third-order valence-corrected chi connectivity index (χ3v) is 6.13. The maximum Gasteiger partial charge on any atom is 0.341 e. The predicted molar refractivity (Wildman–Crippen MR) is 99.7 cm³/mol. The van der Waals surface area contributed by atoms with Crippen LogP contribution in [0.3, 0.4) is 0 Å². The van der Waals surface area contributed by atoms with Gasteiger partial charge in [0.2, 0.25) is 6.23 Å². The van der Waals surface area contributed by atoms with Crippen molar-refractivity contribution in [2.24, 2.45) is 5.92 Å². The van der Waals surface area contributed by atoms with E-state index in [0.717, 1.165) is 35.4 Å². The second kappa shape index (κ2) is 6.76. The molecule has 1 aromatic carbocycles. The summed E-state index contributed by atoms with van der Waals surface area (Å²) in [6.07, 6.45) is 2.33. The Morgan fingerprint density at radius 1 is 1.38 bits per heavy atom. The van der Waals surface area contributed by atoms with Crippen LogP contribution in [-0.2, 0) is 22.3 Å². The molecule has 0 bridgehead atoms. The minimum absolute atomic E-state index is 0.306. The molecule has 2 atom stereocenters. The third-order valence-electron chi connectivity index (χ3n) is 4.94. The maximum atomic E-state index is 12.6. The Labute approximate surface area is 156 Å². The molecule has 1 N–H and O–H groups in total. The van der Waals surface area contributed by atoms with E-state index < -0.39 is 6.23 Å². The van der Waals surface area contributed by atoms with Crippen molar-refractivity contribution in [1.29, 1.82) is 0 Å². The van der Waals surface area contributed by atoms with Crippen LogP contribution in [0.1, 0.15) is 63.2 Å². The van der Waals surface area contributed by atoms with Crippen molar-refractivity contribution < 1.29 is 19.1 Å². The number of nitrogens with one attached hydrogen (secondary N) is 1. The van der Waals surface area contributed by atoms with E-state index in [9.17, 15) is 9.59 Å². The van der Waals surface area contributed by atoms with Gasteiger partial charge in [-0.1, -0.05) is 25.1 Å². The molecule has 1 aliphatic heterocycles. The monoisotopic (exact) mass is 371 g/mol. The summed E-state index contributed by atoms with van der Waals surface area (Å²) in [5.41, 5.74) is 3.07. The number of esters is 2. The van der Waals surface area contributed by atoms with Crippen LogP contribution in [-0.4, -0.2) is 18.5 Å². The zero-order chi connectivity index (χ0) is 18.3. The Hall–Kier alpha value is -2.34. The molecule has 0 saturated carbocycles. The van der Waals surface area contributed by atoms with Gasteiger partial charge in [-0.2, -0.15) is 0 Å². The van der Waals surface area contributed by atoms with Crippen molar-refractivity contribution in [3.05, 3.63) is 51.4 Å². The molecule has 6 heteroatoms. The van der Waals surface area contributed by atoms with Gasteiger partial charge in [-0.3, -0.25) is 0 Å². The van der Waals surface area contributed by atoms with E-state index >= 15 is 0 Å². The second-order valence-corrected chi connectivity index (χ2v) is 7.90. The number of fused-ring (bicyclic) bond motifs is 2. The summed E-state index contributed by atoms with van der Waals surface area (Å²) in [5, 5.41) is 4.02. The number of carbonyl (C=O) groups excluding carboxylic acids is 2. The topological polar surface area (TPSA) is 64.6 Å². The van der Waals surface area contributed by atoms with Gasteiger partial charge >= 0.3 is 11.9 Å². The lowest BCUT2D eigenvalue weighted by Gasteiger charge is -2.18. The molecule has 1 aliphatic carbocycles. The van der Waals surface area contributed by atoms with Gasteiger partial charge in [0.1, 0.15) is 5.00 Å². The smallest absolute Gasteiger partial charge is 0.341 e. The first-order valence-corrected chi connectivity index (χ1v) is 9.78. The minimum Gasteiger partial charge on any atom is -0.462 e. The zero-order valence-corrected chi connectivity index (χ0v) is 15.7. The normalized spacial score (nSPS) is 20.9. The fraction of sp³-hybridized carbons (Fsp3) is 0.400. The van der Waals surface area contributed by atoms with Gasteiger partial charge in [0, 0.05) is 10.4 Å². The summed E-state index contributed by atoms with van der Waals surface area (Å²) in [5.74, 6) is -0.0422. The highest BCUT2D eigenvalue weighted by molar-refractivity contribution is 7.16. The van der Waals surface area contributed by atoms with E-state index in [4.69, 9.17) is 9.47 Å². The number of carbonyl (C=O) groups is 2. The molecule has 0 unspecified atom stereocenters. The molecule has 5 nitrogen and oxygen atoms in total. The number of hydrogen-bond acceptors (Lipinski definition) is 6. The molecule has 2 aliphatic rings. The lowest BCUT2D eigenvalue weighted by Crippen LogP contribution is -2.16. The van der Waals surface area contributed by atoms with Crippen LogP contribution in [0.15, 0.2) is 24.3 Å². The lowest BCUT2D eigenvalue weighted by molar-refractivity contribution is 0.0437. The van der Waals surface area contributed by atoms with Gasteiger partial charge < -0.3 is 14.8 Å². The van der Waals surface area contributed by atoms with Crippen molar-refractivity contribution in [2.45, 2.75) is 39.3 Å². The van der Waals surface area contributed by atoms with E-state index in [1.165, 1.54) is 4.88 Å². The quantitative estimate of drug-likeness (QED) is 0.811. The fourth-order valence-corrected chi connectivity index (χ4v) is 5.06. The summed E-state index contributed by atoms with van der Waals surface area (Å²) < 4.78 is 10.8. The van der Waals surface area contributed by atoms with Gasteiger partial charge in [0.25, 0.3) is 0 Å². The van der Waals surface area contributed by atoms with E-state index in [1.807, 2.05) is 18.2 Å². The summed E-state index contributed by atoms with van der Waals surface area (Å²) in [6, 6.07) is 7.32. The molecule has 4 rings (SSSR count). The molecule has 0 spiro atoms. The van der Waals surface area contributed by atoms with Gasteiger partial charge in [-0.05, 0) is 43.7 Å². The molecule has 26 heavy (non-hydrogen) atoms. The van der Waals surface area contributed by atoms with Crippen LogP contribution in [0.4, 0.5) is 5.00 Å². The van der Waals surface area contributed by atoms with E-state index in [-0.39, 0.29) is 11.9 Å². The Kier molecular flexibility index (Phi) is 4.44. The summed E-state index contributed by atoms with van der Waals surface area (Å²) >= 11 is 1.58. The van der Waals surface area contributed by atoms with Crippen molar-refractivity contribution >= 4 is 28.3 Å². The highest BCUT2D eigenvalue weighted by atomic mass is 32.1. The van der Waals surface area contributed by atoms with Crippen LogP contribution in [0.5, 0.6) is 0 Å². The summed E-state index contributed by atoms with van der Waals surface area (Å²) in [6.45, 7) is 4.37. The molecule has 0 saturated heterocycles. The average molecular weight is 371 g/mol. The summed E-state index contributed by atoms with van der Waals surface area (Å²) in [4.78, 5) is 25.9. The van der Waals surface area contributed by atoms with Gasteiger partial charge in [-0.15, -0.1) is 11.3 Å². The number of hydrogen-bond donors (Lipinski definition) is 1. The highest BCUT2D eigenvalue weighted by Crippen LogP contribution is 2.42. The van der Waals surface area contributed by atoms with E-state index in [1.54, 1.807) is 24.3 Å². The molecule has 2 aromatic rings. The Bertz CT molecular complexity index is 873. The third kappa shape index (κ3) is 2.88. The zero-order valence-electron chi connectivity index (χ0n) is 14.8. The van der Waals surface area contributed by atoms with Crippen molar-refractivity contribution in [2.75, 3.05) is 11.9 Å². The number of thiophene rings is 1. The van der Waals surface area contributed by atoms with Crippen LogP contribution in [0, 0.1) is 5.92 Å². The largest absolute Gasteiger partial charge is 0.462 e. The lowest BCUT2D eigenvalue weighted by atomic mass is 9.88. The highest BCUT2D eigenvalue weighted by Gasteiger charge is 2.34. The SMILES string of the molecule is CCOC(=O)c1c(N[C@H]2OC(=O)c3ccccc32)sc2c1CC[C@@H](C)C2. The molecule has 136 valence electrons.